The van der Waals surface area contributed by atoms with Crippen LogP contribution in [0, 0.1) is 0 Å². The van der Waals surface area contributed by atoms with E-state index in [4.69, 9.17) is 9.47 Å². The van der Waals surface area contributed by atoms with Crippen molar-refractivity contribution in [3.8, 4) is 5.88 Å². The fourth-order valence-electron chi connectivity index (χ4n) is 2.68. The molecule has 1 aliphatic rings. The lowest BCUT2D eigenvalue weighted by Crippen LogP contribution is -2.44. The highest BCUT2D eigenvalue weighted by Crippen LogP contribution is 2.12. The van der Waals surface area contributed by atoms with E-state index in [0.29, 0.717) is 24.8 Å². The smallest absolute Gasteiger partial charge is 0.319 e. The first-order valence-corrected chi connectivity index (χ1v) is 8.59. The molecule has 0 unspecified atom stereocenters. The van der Waals surface area contributed by atoms with Gasteiger partial charge < -0.3 is 25.0 Å². The summed E-state index contributed by atoms with van der Waals surface area (Å²) in [5.74, 6) is 0.512. The number of urea groups is 1. The van der Waals surface area contributed by atoms with Crippen molar-refractivity contribution in [2.45, 2.75) is 32.2 Å². The van der Waals surface area contributed by atoms with Crippen molar-refractivity contribution < 1.29 is 14.3 Å². The fraction of sp³-hybridized carbons (Fsp3) is 0.647. The van der Waals surface area contributed by atoms with Crippen LogP contribution in [0.5, 0.6) is 5.88 Å². The van der Waals surface area contributed by atoms with Gasteiger partial charge in [-0.05, 0) is 38.4 Å². The number of hydrogen-bond acceptors (Lipinski definition) is 5. The van der Waals surface area contributed by atoms with Crippen LogP contribution >= 0.6 is 0 Å². The Labute approximate surface area is 143 Å². The van der Waals surface area contributed by atoms with E-state index in [-0.39, 0.29) is 12.1 Å². The Kier molecular flexibility index (Phi) is 7.77. The lowest BCUT2D eigenvalue weighted by Gasteiger charge is -2.23. The van der Waals surface area contributed by atoms with Crippen molar-refractivity contribution >= 4 is 11.7 Å². The van der Waals surface area contributed by atoms with Crippen LogP contribution in [-0.2, 0) is 4.74 Å². The Bertz CT molecular complexity index is 489. The predicted octanol–water partition coefficient (Wildman–Crippen LogP) is 2.10. The molecule has 1 aliphatic heterocycles. The third-order valence-corrected chi connectivity index (χ3v) is 4.04. The first kappa shape index (κ1) is 18.5. The summed E-state index contributed by atoms with van der Waals surface area (Å²) < 4.78 is 10.3. The highest BCUT2D eigenvalue weighted by atomic mass is 16.5. The summed E-state index contributed by atoms with van der Waals surface area (Å²) in [6.07, 6.45) is 5.01. The molecule has 134 valence electrons. The molecule has 24 heavy (non-hydrogen) atoms. The van der Waals surface area contributed by atoms with Gasteiger partial charge in [-0.15, -0.1) is 0 Å². The SMILES string of the molecule is CC[C@H](CN1CCCC1)NC(=O)Nc1ccc(OCCOC)nc1. The van der Waals surface area contributed by atoms with Gasteiger partial charge in [-0.2, -0.15) is 0 Å². The van der Waals surface area contributed by atoms with E-state index >= 15 is 0 Å². The number of hydrogen-bond donors (Lipinski definition) is 2. The second kappa shape index (κ2) is 10.1. The summed E-state index contributed by atoms with van der Waals surface area (Å²) in [5, 5.41) is 5.85. The molecule has 0 bridgehead atoms. The summed E-state index contributed by atoms with van der Waals surface area (Å²) in [4.78, 5) is 18.7. The van der Waals surface area contributed by atoms with Crippen molar-refractivity contribution in [1.82, 2.24) is 15.2 Å². The van der Waals surface area contributed by atoms with Crippen molar-refractivity contribution in [3.05, 3.63) is 18.3 Å². The molecule has 0 aromatic carbocycles. The van der Waals surface area contributed by atoms with Gasteiger partial charge in [0.2, 0.25) is 5.88 Å². The average Bonchev–Trinajstić information content (AvgIpc) is 3.09. The zero-order valence-corrected chi connectivity index (χ0v) is 14.6. The number of anilines is 1. The van der Waals surface area contributed by atoms with Crippen LogP contribution in [0.1, 0.15) is 26.2 Å². The van der Waals surface area contributed by atoms with Gasteiger partial charge in [-0.3, -0.25) is 0 Å². The maximum Gasteiger partial charge on any atom is 0.319 e. The molecule has 0 saturated carbocycles. The first-order valence-electron chi connectivity index (χ1n) is 8.59. The molecule has 2 N–H and O–H groups in total. The van der Waals surface area contributed by atoms with Crippen LogP contribution in [0.3, 0.4) is 0 Å². The largest absolute Gasteiger partial charge is 0.475 e. The van der Waals surface area contributed by atoms with Gasteiger partial charge in [0.05, 0.1) is 18.5 Å². The van der Waals surface area contributed by atoms with Crippen LogP contribution in [-0.4, -0.2) is 61.9 Å². The summed E-state index contributed by atoms with van der Waals surface area (Å²) in [6, 6.07) is 3.46. The molecule has 1 atom stereocenters. The molecule has 1 aromatic rings. The van der Waals surface area contributed by atoms with Gasteiger partial charge in [0, 0.05) is 25.8 Å². The predicted molar refractivity (Wildman–Crippen MR) is 93.5 cm³/mol. The van der Waals surface area contributed by atoms with Crippen LogP contribution in [0.2, 0.25) is 0 Å². The quantitative estimate of drug-likeness (QED) is 0.676. The number of aromatic nitrogens is 1. The lowest BCUT2D eigenvalue weighted by atomic mass is 10.2. The Balaban J connectivity index is 1.75. The summed E-state index contributed by atoms with van der Waals surface area (Å²) in [5.41, 5.74) is 0.641. The molecule has 2 rings (SSSR count). The van der Waals surface area contributed by atoms with Crippen molar-refractivity contribution in [3.63, 3.8) is 0 Å². The minimum absolute atomic E-state index is 0.160. The summed E-state index contributed by atoms with van der Waals surface area (Å²) in [6.45, 7) is 6.23. The fourth-order valence-corrected chi connectivity index (χ4v) is 2.68. The van der Waals surface area contributed by atoms with E-state index in [1.807, 2.05) is 0 Å². The minimum Gasteiger partial charge on any atom is -0.475 e. The van der Waals surface area contributed by atoms with Crippen molar-refractivity contribution in [2.75, 3.05) is 45.3 Å². The zero-order valence-electron chi connectivity index (χ0n) is 14.6. The normalized spacial score (nSPS) is 15.9. The lowest BCUT2D eigenvalue weighted by molar-refractivity contribution is 0.144. The molecule has 7 nitrogen and oxygen atoms in total. The van der Waals surface area contributed by atoms with Gasteiger partial charge in [0.25, 0.3) is 0 Å². The molecule has 1 aromatic heterocycles. The molecule has 7 heteroatoms. The van der Waals surface area contributed by atoms with E-state index in [2.05, 4.69) is 27.4 Å². The van der Waals surface area contributed by atoms with Gasteiger partial charge >= 0.3 is 6.03 Å². The van der Waals surface area contributed by atoms with E-state index < -0.39 is 0 Å². The summed E-state index contributed by atoms with van der Waals surface area (Å²) >= 11 is 0. The third-order valence-electron chi connectivity index (χ3n) is 4.04. The third kappa shape index (κ3) is 6.33. The Morgan fingerprint density at radius 2 is 2.12 bits per heavy atom. The molecule has 0 radical (unpaired) electrons. The van der Waals surface area contributed by atoms with E-state index in [9.17, 15) is 4.79 Å². The maximum absolute atomic E-state index is 12.1. The average molecular weight is 336 g/mol. The second-order valence-corrected chi connectivity index (χ2v) is 5.94. The van der Waals surface area contributed by atoms with Gasteiger partial charge in [-0.25, -0.2) is 9.78 Å². The zero-order chi connectivity index (χ0) is 17.2. The maximum atomic E-state index is 12.1. The van der Waals surface area contributed by atoms with Gasteiger partial charge in [0.1, 0.15) is 6.61 Å². The number of carbonyl (C=O) groups excluding carboxylic acids is 1. The number of ether oxygens (including phenoxy) is 2. The van der Waals surface area contributed by atoms with E-state index in [1.165, 1.54) is 12.8 Å². The molecular formula is C17H28N4O3. The van der Waals surface area contributed by atoms with Gasteiger partial charge in [0.15, 0.2) is 0 Å². The highest BCUT2D eigenvalue weighted by molar-refractivity contribution is 5.89. The molecular weight excluding hydrogens is 308 g/mol. The topological polar surface area (TPSA) is 75.7 Å². The number of pyridine rings is 1. The second-order valence-electron chi connectivity index (χ2n) is 5.94. The monoisotopic (exact) mass is 336 g/mol. The Morgan fingerprint density at radius 3 is 2.75 bits per heavy atom. The summed E-state index contributed by atoms with van der Waals surface area (Å²) in [7, 11) is 1.62. The minimum atomic E-state index is -0.198. The molecule has 2 heterocycles. The Morgan fingerprint density at radius 1 is 1.33 bits per heavy atom. The molecule has 2 amide bonds. The van der Waals surface area contributed by atoms with Crippen molar-refractivity contribution in [1.29, 1.82) is 0 Å². The number of rotatable bonds is 9. The first-order chi connectivity index (χ1) is 11.7. The number of nitrogens with one attached hydrogen (secondary N) is 2. The van der Waals surface area contributed by atoms with Crippen LogP contribution in [0.25, 0.3) is 0 Å². The molecule has 0 spiro atoms. The van der Waals surface area contributed by atoms with Crippen LogP contribution < -0.4 is 15.4 Å². The molecule has 1 fully saturated rings. The van der Waals surface area contributed by atoms with E-state index in [0.717, 1.165) is 26.1 Å². The Hall–Kier alpha value is -1.86. The molecule has 1 saturated heterocycles. The van der Waals surface area contributed by atoms with Crippen LogP contribution in [0.15, 0.2) is 18.3 Å². The number of methoxy groups -OCH3 is 1. The van der Waals surface area contributed by atoms with Crippen molar-refractivity contribution in [2.24, 2.45) is 0 Å². The number of carbonyl (C=O) groups is 1. The number of nitrogens with zero attached hydrogens (tertiary/aromatic N) is 2. The van der Waals surface area contributed by atoms with E-state index in [1.54, 1.807) is 25.4 Å². The number of amides is 2. The van der Waals surface area contributed by atoms with Gasteiger partial charge in [-0.1, -0.05) is 6.92 Å². The standard InChI is InChI=1S/C17H28N4O3/c1-3-14(13-21-8-4-5-9-21)19-17(22)20-15-6-7-16(18-12-15)24-11-10-23-2/h6-7,12,14H,3-5,8-11,13H2,1-2H3,(H2,19,20,22)/t14-/m1/s1. The number of likely N-dealkylation sites (tertiary alicyclic amines) is 1. The molecule has 0 aliphatic carbocycles. The highest BCUT2D eigenvalue weighted by Gasteiger charge is 2.17. The van der Waals surface area contributed by atoms with Crippen LogP contribution in [0.4, 0.5) is 10.5 Å².